The highest BCUT2D eigenvalue weighted by atomic mass is 15.5. The Labute approximate surface area is 119 Å². The lowest BCUT2D eigenvalue weighted by Crippen LogP contribution is -2.38. The van der Waals surface area contributed by atoms with Crippen LogP contribution in [-0.2, 0) is 0 Å². The molecule has 6 nitrogen and oxygen atoms in total. The largest absolute Gasteiger partial charge is 0.383 e. The van der Waals surface area contributed by atoms with Crippen LogP contribution in [0.1, 0.15) is 39.5 Å². The molecule has 1 aliphatic heterocycles. The van der Waals surface area contributed by atoms with Crippen molar-refractivity contribution >= 4 is 6.21 Å². The Morgan fingerprint density at radius 2 is 1.95 bits per heavy atom. The lowest BCUT2D eigenvalue weighted by Gasteiger charge is -2.27. The zero-order valence-corrected chi connectivity index (χ0v) is 11.8. The van der Waals surface area contributed by atoms with Crippen LogP contribution in [0.15, 0.2) is 16.5 Å². The van der Waals surface area contributed by atoms with Gasteiger partial charge in [0.15, 0.2) is 0 Å². The summed E-state index contributed by atoms with van der Waals surface area (Å²) in [5, 5.41) is 33.8. The number of unbranched alkanes of at least 4 members (excludes halogenated alkanes) is 1. The van der Waals surface area contributed by atoms with Crippen LogP contribution in [0.25, 0.3) is 0 Å². The van der Waals surface area contributed by atoms with E-state index in [1.54, 1.807) is 6.21 Å². The number of rotatable bonds is 5. The van der Waals surface area contributed by atoms with Crippen LogP contribution in [0.2, 0.25) is 0 Å². The summed E-state index contributed by atoms with van der Waals surface area (Å²) < 4.78 is 0. The molecule has 20 heavy (non-hydrogen) atoms. The van der Waals surface area contributed by atoms with E-state index < -0.39 is 11.5 Å². The Morgan fingerprint density at radius 3 is 2.40 bits per heavy atom. The molecule has 0 bridgehead atoms. The molecule has 1 heterocycles. The summed E-state index contributed by atoms with van der Waals surface area (Å²) >= 11 is 0. The molecule has 1 atom stereocenters. The molecule has 0 fully saturated rings. The molecular weight excluding hydrogens is 252 g/mol. The maximum Gasteiger partial charge on any atom is 0.204 e. The molecule has 1 aliphatic rings. The van der Waals surface area contributed by atoms with Gasteiger partial charge in [-0.1, -0.05) is 26.7 Å². The zero-order chi connectivity index (χ0) is 15.2. The molecule has 0 amide bonds. The van der Waals surface area contributed by atoms with Gasteiger partial charge in [0.2, 0.25) is 5.41 Å². The lowest BCUT2D eigenvalue weighted by molar-refractivity contribution is 0.223. The summed E-state index contributed by atoms with van der Waals surface area (Å²) in [6.45, 7) is 3.97. The van der Waals surface area contributed by atoms with Gasteiger partial charge in [-0.05, 0) is 12.8 Å². The standard InChI is InChI=1S/C14H18N6/c1-3-5-7-19-20-12(6-4-2)14(9-16,10-17)11(8-15)13(20)18/h7,12H,3-6,18H2,1-2H3. The summed E-state index contributed by atoms with van der Waals surface area (Å²) in [6.07, 6.45) is 4.75. The van der Waals surface area contributed by atoms with Crippen LogP contribution < -0.4 is 5.73 Å². The first-order valence-electron chi connectivity index (χ1n) is 6.67. The van der Waals surface area contributed by atoms with Gasteiger partial charge < -0.3 is 5.73 Å². The maximum atomic E-state index is 9.43. The monoisotopic (exact) mass is 270 g/mol. The normalized spacial score (nSPS) is 20.8. The van der Waals surface area contributed by atoms with Gasteiger partial charge in [0.05, 0.1) is 18.2 Å². The van der Waals surface area contributed by atoms with Crippen LogP contribution in [0.3, 0.4) is 0 Å². The zero-order valence-electron chi connectivity index (χ0n) is 11.8. The number of nitrogens with two attached hydrogens (primary N) is 1. The average Bonchev–Trinajstić information content (AvgIpc) is 2.69. The minimum absolute atomic E-state index is 0.00889. The Bertz CT molecular complexity index is 525. The van der Waals surface area contributed by atoms with E-state index >= 15 is 0 Å². The van der Waals surface area contributed by atoms with E-state index in [4.69, 9.17) is 5.73 Å². The predicted molar refractivity (Wildman–Crippen MR) is 74.4 cm³/mol. The third kappa shape index (κ3) is 2.31. The van der Waals surface area contributed by atoms with Gasteiger partial charge in [-0.3, -0.25) is 0 Å². The van der Waals surface area contributed by atoms with Gasteiger partial charge in [0.1, 0.15) is 17.5 Å². The maximum absolute atomic E-state index is 9.43. The van der Waals surface area contributed by atoms with Gasteiger partial charge in [0.25, 0.3) is 0 Å². The van der Waals surface area contributed by atoms with Gasteiger partial charge in [-0.2, -0.15) is 20.9 Å². The Hall–Kier alpha value is -2.52. The number of nitrogens with zero attached hydrogens (tertiary/aromatic N) is 5. The first-order chi connectivity index (χ1) is 9.62. The predicted octanol–water partition coefficient (Wildman–Crippen LogP) is 1.98. The number of nitriles is 3. The van der Waals surface area contributed by atoms with E-state index in [0.717, 1.165) is 19.3 Å². The molecule has 104 valence electrons. The van der Waals surface area contributed by atoms with Gasteiger partial charge in [-0.25, -0.2) is 5.01 Å². The molecule has 0 radical (unpaired) electrons. The Kier molecular flexibility index (Phi) is 5.12. The molecule has 0 spiro atoms. The van der Waals surface area contributed by atoms with Crippen LogP contribution in [0, 0.1) is 39.4 Å². The summed E-state index contributed by atoms with van der Waals surface area (Å²) in [6, 6.07) is 5.35. The van der Waals surface area contributed by atoms with E-state index in [2.05, 4.69) is 5.10 Å². The molecule has 0 saturated carbocycles. The Balaban J connectivity index is 3.32. The van der Waals surface area contributed by atoms with Crippen LogP contribution in [0.5, 0.6) is 0 Å². The third-order valence-electron chi connectivity index (χ3n) is 3.34. The van der Waals surface area contributed by atoms with Crippen molar-refractivity contribution in [3.05, 3.63) is 11.4 Å². The summed E-state index contributed by atoms with van der Waals surface area (Å²) in [5.74, 6) is 0.112. The molecule has 1 rings (SSSR count). The van der Waals surface area contributed by atoms with Crippen molar-refractivity contribution in [2.24, 2.45) is 16.3 Å². The molecule has 0 aliphatic carbocycles. The fourth-order valence-corrected chi connectivity index (χ4v) is 2.30. The molecule has 0 saturated heterocycles. The molecule has 2 N–H and O–H groups in total. The van der Waals surface area contributed by atoms with Crippen LogP contribution >= 0.6 is 0 Å². The molecule has 0 aromatic carbocycles. The molecule has 1 unspecified atom stereocenters. The van der Waals surface area contributed by atoms with Gasteiger partial charge in [0, 0.05) is 6.21 Å². The Morgan fingerprint density at radius 1 is 1.30 bits per heavy atom. The highest BCUT2D eigenvalue weighted by Gasteiger charge is 2.54. The topological polar surface area (TPSA) is 113 Å². The van der Waals surface area contributed by atoms with Crippen molar-refractivity contribution < 1.29 is 0 Å². The van der Waals surface area contributed by atoms with Gasteiger partial charge in [-0.15, -0.1) is 0 Å². The van der Waals surface area contributed by atoms with Crippen molar-refractivity contribution in [2.75, 3.05) is 0 Å². The molecular formula is C14H18N6. The molecule has 0 aromatic heterocycles. The average molecular weight is 270 g/mol. The first-order valence-corrected chi connectivity index (χ1v) is 6.67. The fraction of sp³-hybridized carbons (Fsp3) is 0.571. The minimum atomic E-state index is -1.53. The van der Waals surface area contributed by atoms with Crippen molar-refractivity contribution in [1.29, 1.82) is 15.8 Å². The third-order valence-corrected chi connectivity index (χ3v) is 3.34. The van der Waals surface area contributed by atoms with Gasteiger partial charge >= 0.3 is 0 Å². The smallest absolute Gasteiger partial charge is 0.204 e. The number of hydrogen-bond donors (Lipinski definition) is 1. The summed E-state index contributed by atoms with van der Waals surface area (Å²) in [7, 11) is 0. The number of hydrazone groups is 1. The molecule has 6 heteroatoms. The van der Waals surface area contributed by atoms with E-state index in [0.29, 0.717) is 6.42 Å². The van der Waals surface area contributed by atoms with E-state index in [1.165, 1.54) is 5.01 Å². The minimum Gasteiger partial charge on any atom is -0.383 e. The van der Waals surface area contributed by atoms with E-state index in [1.807, 2.05) is 32.1 Å². The lowest BCUT2D eigenvalue weighted by atomic mass is 9.77. The summed E-state index contributed by atoms with van der Waals surface area (Å²) in [4.78, 5) is 0. The first kappa shape index (κ1) is 15.5. The highest BCUT2D eigenvalue weighted by Crippen LogP contribution is 2.43. The number of hydrogen-bond acceptors (Lipinski definition) is 6. The molecule has 0 aromatic rings. The van der Waals surface area contributed by atoms with Crippen molar-refractivity contribution in [2.45, 2.75) is 45.6 Å². The van der Waals surface area contributed by atoms with Crippen molar-refractivity contribution in [3.63, 3.8) is 0 Å². The quantitative estimate of drug-likeness (QED) is 0.767. The van der Waals surface area contributed by atoms with Crippen molar-refractivity contribution in [3.8, 4) is 18.2 Å². The van der Waals surface area contributed by atoms with Crippen molar-refractivity contribution in [1.82, 2.24) is 5.01 Å². The van der Waals surface area contributed by atoms with Crippen LogP contribution in [-0.4, -0.2) is 17.3 Å². The van der Waals surface area contributed by atoms with E-state index in [9.17, 15) is 15.8 Å². The SMILES string of the molecule is CCCC=NN1C(N)=C(C#N)C(C#N)(C#N)C1CCC. The van der Waals surface area contributed by atoms with Crippen LogP contribution in [0.4, 0.5) is 0 Å². The summed E-state index contributed by atoms with van der Waals surface area (Å²) in [5.41, 5.74) is 4.41. The second kappa shape index (κ2) is 6.59. The van der Waals surface area contributed by atoms with E-state index in [-0.39, 0.29) is 11.4 Å². The second-order valence-corrected chi connectivity index (χ2v) is 4.64. The highest BCUT2D eigenvalue weighted by molar-refractivity contribution is 5.58. The second-order valence-electron chi connectivity index (χ2n) is 4.64. The fourth-order valence-electron chi connectivity index (χ4n) is 2.30.